The minimum Gasteiger partial charge on any atom is -0.353 e. The molecule has 0 aliphatic carbocycles. The summed E-state index contributed by atoms with van der Waals surface area (Å²) in [6.07, 6.45) is 7.33. The fraction of sp³-hybridized carbons (Fsp3) is 0.316. The molecule has 0 radical (unpaired) electrons. The summed E-state index contributed by atoms with van der Waals surface area (Å²) in [5.41, 5.74) is 1.21. The SMILES string of the molecule is c1ccc(N2CCN(c3ncccc3CNCc3ncc[nH]3)CC2)nc1. The molecule has 0 amide bonds. The van der Waals surface area contributed by atoms with Gasteiger partial charge >= 0.3 is 0 Å². The number of hydrogen-bond acceptors (Lipinski definition) is 6. The van der Waals surface area contributed by atoms with Crippen molar-refractivity contribution in [3.05, 3.63) is 66.5 Å². The molecule has 4 heterocycles. The summed E-state index contributed by atoms with van der Waals surface area (Å²) >= 11 is 0. The number of aromatic nitrogens is 4. The van der Waals surface area contributed by atoms with Crippen LogP contribution in [0.4, 0.5) is 11.6 Å². The topological polar surface area (TPSA) is 73.0 Å². The van der Waals surface area contributed by atoms with Gasteiger partial charge in [0.1, 0.15) is 17.5 Å². The molecule has 4 rings (SSSR count). The first-order valence-electron chi connectivity index (χ1n) is 8.94. The van der Waals surface area contributed by atoms with Crippen LogP contribution in [0.5, 0.6) is 0 Å². The Kier molecular flexibility index (Phi) is 5.07. The Bertz CT molecular complexity index is 796. The Morgan fingerprint density at radius 1 is 0.846 bits per heavy atom. The van der Waals surface area contributed by atoms with E-state index in [0.29, 0.717) is 0 Å². The number of pyridine rings is 2. The van der Waals surface area contributed by atoms with E-state index in [0.717, 1.165) is 56.7 Å². The fourth-order valence-electron chi connectivity index (χ4n) is 3.25. The minimum absolute atomic E-state index is 0.717. The highest BCUT2D eigenvalue weighted by Gasteiger charge is 2.20. The summed E-state index contributed by atoms with van der Waals surface area (Å²) in [5.74, 6) is 3.06. The molecular formula is C19H23N7. The zero-order valence-electron chi connectivity index (χ0n) is 14.7. The van der Waals surface area contributed by atoms with E-state index in [9.17, 15) is 0 Å². The molecule has 2 N–H and O–H groups in total. The second-order valence-electron chi connectivity index (χ2n) is 6.29. The smallest absolute Gasteiger partial charge is 0.133 e. The number of H-pyrrole nitrogens is 1. The van der Waals surface area contributed by atoms with Gasteiger partial charge in [0.2, 0.25) is 0 Å². The Labute approximate surface area is 153 Å². The molecule has 0 aromatic carbocycles. The Morgan fingerprint density at radius 2 is 1.69 bits per heavy atom. The van der Waals surface area contributed by atoms with Crippen LogP contribution in [0.25, 0.3) is 0 Å². The molecule has 3 aromatic rings. The van der Waals surface area contributed by atoms with Crippen LogP contribution in [0, 0.1) is 0 Å². The largest absolute Gasteiger partial charge is 0.353 e. The van der Waals surface area contributed by atoms with Crippen molar-refractivity contribution in [3.63, 3.8) is 0 Å². The second-order valence-corrected chi connectivity index (χ2v) is 6.29. The van der Waals surface area contributed by atoms with Gasteiger partial charge in [0.05, 0.1) is 6.54 Å². The van der Waals surface area contributed by atoms with Crippen LogP contribution in [0.15, 0.2) is 55.1 Å². The van der Waals surface area contributed by atoms with Crippen LogP contribution in [0.2, 0.25) is 0 Å². The zero-order chi connectivity index (χ0) is 17.6. The second kappa shape index (κ2) is 7.97. The fourth-order valence-corrected chi connectivity index (χ4v) is 3.25. The molecule has 1 aliphatic rings. The van der Waals surface area contributed by atoms with E-state index < -0.39 is 0 Å². The zero-order valence-corrected chi connectivity index (χ0v) is 14.7. The molecule has 1 saturated heterocycles. The molecule has 0 saturated carbocycles. The van der Waals surface area contributed by atoms with E-state index in [2.05, 4.69) is 47.2 Å². The van der Waals surface area contributed by atoms with Crippen LogP contribution >= 0.6 is 0 Å². The summed E-state index contributed by atoms with van der Waals surface area (Å²) in [5, 5.41) is 3.44. The van der Waals surface area contributed by atoms with Crippen molar-refractivity contribution in [2.24, 2.45) is 0 Å². The lowest BCUT2D eigenvalue weighted by Gasteiger charge is -2.36. The van der Waals surface area contributed by atoms with Gasteiger partial charge < -0.3 is 20.1 Å². The van der Waals surface area contributed by atoms with E-state index in [-0.39, 0.29) is 0 Å². The molecular weight excluding hydrogens is 326 g/mol. The third-order valence-electron chi connectivity index (χ3n) is 4.58. The molecule has 26 heavy (non-hydrogen) atoms. The summed E-state index contributed by atoms with van der Waals surface area (Å²) in [7, 11) is 0. The van der Waals surface area contributed by atoms with Crippen molar-refractivity contribution in [3.8, 4) is 0 Å². The van der Waals surface area contributed by atoms with E-state index in [1.807, 2.05) is 36.8 Å². The molecule has 0 spiro atoms. The number of rotatable bonds is 6. The normalized spacial score (nSPS) is 14.6. The molecule has 0 atom stereocenters. The third kappa shape index (κ3) is 3.83. The van der Waals surface area contributed by atoms with E-state index in [4.69, 9.17) is 0 Å². The monoisotopic (exact) mass is 349 g/mol. The van der Waals surface area contributed by atoms with Gasteiger partial charge in [-0.1, -0.05) is 12.1 Å². The number of aromatic amines is 1. The van der Waals surface area contributed by atoms with Crippen molar-refractivity contribution in [2.75, 3.05) is 36.0 Å². The van der Waals surface area contributed by atoms with Gasteiger partial charge in [-0.15, -0.1) is 0 Å². The highest BCUT2D eigenvalue weighted by atomic mass is 15.3. The summed E-state index contributed by atoms with van der Waals surface area (Å²) in [6.45, 7) is 5.27. The number of piperazine rings is 1. The number of imidazole rings is 1. The Hall–Kier alpha value is -2.93. The Balaban J connectivity index is 1.37. The van der Waals surface area contributed by atoms with Crippen LogP contribution in [0.1, 0.15) is 11.4 Å². The van der Waals surface area contributed by atoms with Gasteiger partial charge in [-0.25, -0.2) is 15.0 Å². The van der Waals surface area contributed by atoms with Crippen molar-refractivity contribution in [1.82, 2.24) is 25.3 Å². The van der Waals surface area contributed by atoms with Gasteiger partial charge in [-0.2, -0.15) is 0 Å². The maximum atomic E-state index is 4.64. The van der Waals surface area contributed by atoms with Gasteiger partial charge in [0.15, 0.2) is 0 Å². The number of hydrogen-bond donors (Lipinski definition) is 2. The van der Waals surface area contributed by atoms with E-state index in [1.54, 1.807) is 6.20 Å². The standard InChI is InChI=1S/C19H23N7/c1-2-6-23-18(5-1)25-10-12-26(13-11-25)19-16(4-3-7-24-19)14-20-15-17-21-8-9-22-17/h1-9,20H,10-15H2,(H,21,22). The highest BCUT2D eigenvalue weighted by Crippen LogP contribution is 2.20. The lowest BCUT2D eigenvalue weighted by molar-refractivity contribution is 0.628. The average molecular weight is 349 g/mol. The van der Waals surface area contributed by atoms with Gasteiger partial charge in [-0.05, 0) is 18.2 Å². The summed E-state index contributed by atoms with van der Waals surface area (Å²) in [4.78, 5) is 21.1. The van der Waals surface area contributed by atoms with Crippen molar-refractivity contribution >= 4 is 11.6 Å². The van der Waals surface area contributed by atoms with E-state index in [1.165, 1.54) is 5.56 Å². The molecule has 3 aromatic heterocycles. The maximum absolute atomic E-state index is 4.64. The number of anilines is 2. The summed E-state index contributed by atoms with van der Waals surface area (Å²) in [6, 6.07) is 10.2. The first-order chi connectivity index (χ1) is 12.9. The molecule has 1 fully saturated rings. The first-order valence-corrected chi connectivity index (χ1v) is 8.94. The quantitative estimate of drug-likeness (QED) is 0.707. The van der Waals surface area contributed by atoms with Crippen molar-refractivity contribution < 1.29 is 0 Å². The average Bonchev–Trinajstić information content (AvgIpc) is 3.23. The highest BCUT2D eigenvalue weighted by molar-refractivity contribution is 5.49. The number of nitrogens with zero attached hydrogens (tertiary/aromatic N) is 5. The van der Waals surface area contributed by atoms with Crippen LogP contribution in [0.3, 0.4) is 0 Å². The molecule has 0 unspecified atom stereocenters. The van der Waals surface area contributed by atoms with E-state index >= 15 is 0 Å². The number of nitrogens with one attached hydrogen (secondary N) is 2. The molecule has 0 bridgehead atoms. The first kappa shape index (κ1) is 16.5. The molecule has 7 nitrogen and oxygen atoms in total. The Morgan fingerprint density at radius 3 is 2.46 bits per heavy atom. The predicted octanol–water partition coefficient (Wildman–Crippen LogP) is 1.82. The van der Waals surface area contributed by atoms with Crippen LogP contribution in [-0.2, 0) is 13.1 Å². The lowest BCUT2D eigenvalue weighted by atomic mass is 10.2. The molecule has 134 valence electrons. The molecule has 1 aliphatic heterocycles. The molecule has 7 heteroatoms. The maximum Gasteiger partial charge on any atom is 0.133 e. The van der Waals surface area contributed by atoms with Gasteiger partial charge in [0.25, 0.3) is 0 Å². The minimum atomic E-state index is 0.717. The summed E-state index contributed by atoms with van der Waals surface area (Å²) < 4.78 is 0. The lowest BCUT2D eigenvalue weighted by Crippen LogP contribution is -2.47. The van der Waals surface area contributed by atoms with Crippen molar-refractivity contribution in [2.45, 2.75) is 13.1 Å². The van der Waals surface area contributed by atoms with Crippen molar-refractivity contribution in [1.29, 1.82) is 0 Å². The van der Waals surface area contributed by atoms with Crippen LogP contribution < -0.4 is 15.1 Å². The van der Waals surface area contributed by atoms with Gasteiger partial charge in [-0.3, -0.25) is 0 Å². The van der Waals surface area contributed by atoms with Gasteiger partial charge in [0, 0.05) is 63.1 Å². The van der Waals surface area contributed by atoms with Crippen LogP contribution in [-0.4, -0.2) is 46.1 Å². The predicted molar refractivity (Wildman–Crippen MR) is 102 cm³/mol. The third-order valence-corrected chi connectivity index (χ3v) is 4.58.